The van der Waals surface area contributed by atoms with Gasteiger partial charge in [0.15, 0.2) is 5.76 Å². The van der Waals surface area contributed by atoms with Crippen LogP contribution < -0.4 is 0 Å². The summed E-state index contributed by atoms with van der Waals surface area (Å²) < 4.78 is 5.90. The van der Waals surface area contributed by atoms with Gasteiger partial charge in [-0.05, 0) is 23.8 Å². The number of thiocarbonyl (C=S) groups is 1. The number of hydrogen-bond acceptors (Lipinski definition) is 5. The van der Waals surface area contributed by atoms with Gasteiger partial charge in [0.05, 0.1) is 10.5 Å². The molecular weight excluding hydrogens is 386 g/mol. The molecule has 148 valence electrons. The van der Waals surface area contributed by atoms with E-state index in [0.717, 1.165) is 32.7 Å². The van der Waals surface area contributed by atoms with E-state index in [0.29, 0.717) is 22.1 Å². The van der Waals surface area contributed by atoms with E-state index < -0.39 is 4.92 Å². The Labute approximate surface area is 174 Å². The fraction of sp³-hybridized carbons (Fsp3) is 0.227. The van der Waals surface area contributed by atoms with E-state index >= 15 is 0 Å². The van der Waals surface area contributed by atoms with Gasteiger partial charge in [-0.25, -0.2) is 0 Å². The molecule has 0 aliphatic carbocycles. The highest BCUT2D eigenvalue weighted by atomic mass is 32.1. The number of nitrogens with zero attached hydrogens (tertiary/aromatic N) is 3. The van der Waals surface area contributed by atoms with Gasteiger partial charge in [-0.15, -0.1) is 0 Å². The molecule has 0 spiro atoms. The molecule has 1 aromatic heterocycles. The van der Waals surface area contributed by atoms with E-state index in [1.807, 2.05) is 6.07 Å². The van der Waals surface area contributed by atoms with Crippen molar-refractivity contribution in [3.63, 3.8) is 0 Å². The quantitative estimate of drug-likeness (QED) is 0.356. The summed E-state index contributed by atoms with van der Waals surface area (Å²) in [6.07, 6.45) is 0. The van der Waals surface area contributed by atoms with Crippen LogP contribution in [0.1, 0.15) is 11.3 Å². The number of furan rings is 1. The lowest BCUT2D eigenvalue weighted by atomic mass is 10.1. The molecule has 29 heavy (non-hydrogen) atoms. The minimum Gasteiger partial charge on any atom is -0.453 e. The lowest BCUT2D eigenvalue weighted by Crippen LogP contribution is -2.47. The molecule has 2 heterocycles. The molecule has 1 fully saturated rings. The van der Waals surface area contributed by atoms with Crippen molar-refractivity contribution in [3.8, 4) is 11.3 Å². The molecule has 0 bridgehead atoms. The van der Waals surface area contributed by atoms with Crippen molar-refractivity contribution in [3.05, 3.63) is 88.2 Å². The summed E-state index contributed by atoms with van der Waals surface area (Å²) in [6.45, 7) is 4.43. The second kappa shape index (κ2) is 8.55. The van der Waals surface area contributed by atoms with Crippen molar-refractivity contribution in [2.45, 2.75) is 6.54 Å². The molecule has 6 nitrogen and oxygen atoms in total. The predicted molar refractivity (Wildman–Crippen MR) is 116 cm³/mol. The first kappa shape index (κ1) is 19.3. The predicted octanol–water partition coefficient (Wildman–Crippen LogP) is 4.35. The van der Waals surface area contributed by atoms with Gasteiger partial charge in [-0.1, -0.05) is 54.7 Å². The van der Waals surface area contributed by atoms with Crippen molar-refractivity contribution in [2.75, 3.05) is 26.2 Å². The summed E-state index contributed by atoms with van der Waals surface area (Å²) in [5.41, 5.74) is 1.79. The zero-order valence-corrected chi connectivity index (χ0v) is 16.7. The minimum atomic E-state index is -0.401. The van der Waals surface area contributed by atoms with E-state index in [9.17, 15) is 10.1 Å². The molecular formula is C22H21N3O3S. The van der Waals surface area contributed by atoms with Gasteiger partial charge in [-0.2, -0.15) is 0 Å². The van der Waals surface area contributed by atoms with Crippen LogP contribution in [0.15, 0.2) is 71.1 Å². The highest BCUT2D eigenvalue weighted by Crippen LogP contribution is 2.31. The number of benzene rings is 2. The number of hydrogen-bond donors (Lipinski definition) is 0. The third kappa shape index (κ3) is 4.36. The fourth-order valence-corrected chi connectivity index (χ4v) is 3.84. The van der Waals surface area contributed by atoms with Crippen LogP contribution in [0, 0.1) is 10.1 Å². The summed E-state index contributed by atoms with van der Waals surface area (Å²) in [5, 5.41) is 11.3. The first-order valence-corrected chi connectivity index (χ1v) is 9.92. The summed E-state index contributed by atoms with van der Waals surface area (Å²) >= 11 is 5.64. The number of piperazine rings is 1. The Morgan fingerprint density at radius 1 is 0.966 bits per heavy atom. The number of nitro benzene ring substituents is 1. The van der Waals surface area contributed by atoms with Gasteiger partial charge in [0.1, 0.15) is 10.7 Å². The molecule has 2 aromatic carbocycles. The average molecular weight is 407 g/mol. The Morgan fingerprint density at radius 3 is 2.38 bits per heavy atom. The molecule has 1 aliphatic rings. The van der Waals surface area contributed by atoms with Crippen molar-refractivity contribution in [1.82, 2.24) is 9.80 Å². The number of para-hydroxylation sites is 1. The van der Waals surface area contributed by atoms with E-state index in [2.05, 4.69) is 34.1 Å². The molecule has 0 saturated carbocycles. The standard InChI is InChI=1S/C22H21N3O3S/c26-25(27)19-9-5-4-8-18(19)20-10-11-21(28-20)22(29)24-14-12-23(13-15-24)16-17-6-2-1-3-7-17/h1-11H,12-16H2. The summed E-state index contributed by atoms with van der Waals surface area (Å²) in [4.78, 5) is 16.1. The molecule has 3 aromatic rings. The van der Waals surface area contributed by atoms with Gasteiger partial charge >= 0.3 is 0 Å². The van der Waals surface area contributed by atoms with Crippen LogP contribution in [-0.2, 0) is 6.54 Å². The molecule has 0 N–H and O–H groups in total. The molecule has 4 rings (SSSR count). The normalized spacial score (nSPS) is 14.7. The van der Waals surface area contributed by atoms with Crippen LogP contribution in [0.4, 0.5) is 5.69 Å². The molecule has 7 heteroatoms. The highest BCUT2D eigenvalue weighted by molar-refractivity contribution is 7.80. The number of rotatable bonds is 5. The maximum absolute atomic E-state index is 11.3. The molecule has 0 unspecified atom stereocenters. The summed E-state index contributed by atoms with van der Waals surface area (Å²) in [6, 6.07) is 20.5. The maximum Gasteiger partial charge on any atom is 0.280 e. The van der Waals surface area contributed by atoms with Gasteiger partial charge in [0.2, 0.25) is 0 Å². The van der Waals surface area contributed by atoms with E-state index in [-0.39, 0.29) is 5.69 Å². The zero-order chi connectivity index (χ0) is 20.2. The van der Waals surface area contributed by atoms with Crippen LogP contribution in [0.2, 0.25) is 0 Å². The monoisotopic (exact) mass is 407 g/mol. The lowest BCUT2D eigenvalue weighted by molar-refractivity contribution is -0.384. The Hall–Kier alpha value is -3.03. The topological polar surface area (TPSA) is 62.8 Å². The van der Waals surface area contributed by atoms with E-state index in [1.165, 1.54) is 11.6 Å². The van der Waals surface area contributed by atoms with Gasteiger partial charge in [0.25, 0.3) is 5.69 Å². The van der Waals surface area contributed by atoms with Crippen molar-refractivity contribution >= 4 is 22.9 Å². The molecule has 1 saturated heterocycles. The molecule has 0 atom stereocenters. The SMILES string of the molecule is O=[N+]([O-])c1ccccc1-c1ccc(C(=S)N2CCN(Cc3ccccc3)CC2)o1. The average Bonchev–Trinajstić information content (AvgIpc) is 3.25. The Balaban J connectivity index is 1.41. The second-order valence-electron chi connectivity index (χ2n) is 6.99. The van der Waals surface area contributed by atoms with Crippen LogP contribution >= 0.6 is 12.2 Å². The van der Waals surface area contributed by atoms with Crippen LogP contribution in [0.5, 0.6) is 0 Å². The van der Waals surface area contributed by atoms with Crippen molar-refractivity contribution in [2.24, 2.45) is 0 Å². The fourth-order valence-electron chi connectivity index (χ4n) is 3.55. The molecule has 0 amide bonds. The van der Waals surface area contributed by atoms with Crippen molar-refractivity contribution < 1.29 is 9.34 Å². The van der Waals surface area contributed by atoms with Gasteiger partial charge in [0, 0.05) is 38.8 Å². The van der Waals surface area contributed by atoms with Crippen LogP contribution in [-0.4, -0.2) is 45.9 Å². The zero-order valence-electron chi connectivity index (χ0n) is 15.9. The first-order chi connectivity index (χ1) is 14.1. The van der Waals surface area contributed by atoms with E-state index in [1.54, 1.807) is 30.3 Å². The largest absolute Gasteiger partial charge is 0.453 e. The highest BCUT2D eigenvalue weighted by Gasteiger charge is 2.23. The minimum absolute atomic E-state index is 0.0221. The summed E-state index contributed by atoms with van der Waals surface area (Å²) in [7, 11) is 0. The Kier molecular flexibility index (Phi) is 5.69. The third-order valence-electron chi connectivity index (χ3n) is 5.09. The summed E-state index contributed by atoms with van der Waals surface area (Å²) in [5.74, 6) is 1.03. The number of nitro groups is 1. The van der Waals surface area contributed by atoms with Gasteiger partial charge < -0.3 is 9.32 Å². The molecule has 0 radical (unpaired) electrons. The van der Waals surface area contributed by atoms with Crippen LogP contribution in [0.3, 0.4) is 0 Å². The Morgan fingerprint density at radius 2 is 1.66 bits per heavy atom. The Bertz CT molecular complexity index is 1010. The van der Waals surface area contributed by atoms with Crippen LogP contribution in [0.25, 0.3) is 11.3 Å². The molecule has 1 aliphatic heterocycles. The second-order valence-corrected chi connectivity index (χ2v) is 7.38. The first-order valence-electron chi connectivity index (χ1n) is 9.51. The smallest absolute Gasteiger partial charge is 0.280 e. The maximum atomic E-state index is 11.3. The van der Waals surface area contributed by atoms with E-state index in [4.69, 9.17) is 16.6 Å². The van der Waals surface area contributed by atoms with Gasteiger partial charge in [-0.3, -0.25) is 15.0 Å². The van der Waals surface area contributed by atoms with Crippen molar-refractivity contribution in [1.29, 1.82) is 0 Å². The lowest BCUT2D eigenvalue weighted by Gasteiger charge is -2.35. The third-order valence-corrected chi connectivity index (χ3v) is 5.55.